The van der Waals surface area contributed by atoms with E-state index in [2.05, 4.69) is 10.3 Å². The molecule has 24 heavy (non-hydrogen) atoms. The molecule has 3 heterocycles. The van der Waals surface area contributed by atoms with Crippen LogP contribution in [0, 0.1) is 11.3 Å². The Bertz CT molecular complexity index is 961. The quantitative estimate of drug-likeness (QED) is 0.727. The second-order valence-corrected chi connectivity index (χ2v) is 5.39. The zero-order chi connectivity index (χ0) is 17.1. The number of fused-ring (bicyclic) bond motifs is 1. The zero-order valence-electron chi connectivity index (χ0n) is 12.4. The molecule has 0 bridgehead atoms. The molecule has 3 rings (SSSR count). The van der Waals surface area contributed by atoms with Crippen molar-refractivity contribution in [3.8, 4) is 11.9 Å². The molecule has 120 valence electrons. The minimum atomic E-state index is -0.591. The first-order chi connectivity index (χ1) is 11.6. The predicted octanol–water partition coefficient (Wildman–Crippen LogP) is 1.51. The van der Waals surface area contributed by atoms with Crippen LogP contribution in [-0.2, 0) is 6.54 Å². The number of carbonyl (C=O) groups is 1. The number of halogens is 1. The van der Waals surface area contributed by atoms with Crippen molar-refractivity contribution in [1.82, 2.24) is 9.38 Å². The van der Waals surface area contributed by atoms with Gasteiger partial charge in [-0.15, -0.1) is 0 Å². The number of pyridine rings is 2. The number of hydrogen-bond acceptors (Lipinski definition) is 4. The molecular formula is C16H12ClN5O2. The molecule has 0 saturated heterocycles. The number of hydrogen-bond donors (Lipinski definition) is 1. The normalized spacial score (nSPS) is 10.5. The lowest BCUT2D eigenvalue weighted by atomic mass is 10.3. The van der Waals surface area contributed by atoms with E-state index in [-0.39, 0.29) is 24.5 Å². The lowest BCUT2D eigenvalue weighted by Gasteiger charge is -2.06. The second-order valence-electron chi connectivity index (χ2n) is 4.96. The number of anilines is 1. The molecule has 1 amide bonds. The van der Waals surface area contributed by atoms with Crippen LogP contribution in [0.1, 0.15) is 16.9 Å². The molecule has 0 spiro atoms. The molecule has 0 fully saturated rings. The Kier molecular flexibility index (Phi) is 4.31. The summed E-state index contributed by atoms with van der Waals surface area (Å²) in [6.07, 6.45) is 3.25. The first-order valence-electron chi connectivity index (χ1n) is 7.11. The summed E-state index contributed by atoms with van der Waals surface area (Å²) in [4.78, 5) is 16.5. The van der Waals surface area contributed by atoms with E-state index in [9.17, 15) is 9.90 Å². The summed E-state index contributed by atoms with van der Waals surface area (Å²) in [7, 11) is 0. The first kappa shape index (κ1) is 15.8. The van der Waals surface area contributed by atoms with Gasteiger partial charge in [0.2, 0.25) is 5.69 Å². The van der Waals surface area contributed by atoms with Gasteiger partial charge in [-0.25, -0.2) is 9.55 Å². The Hall–Kier alpha value is -3.11. The van der Waals surface area contributed by atoms with Crippen LogP contribution in [0.5, 0.6) is 5.88 Å². The Morgan fingerprint density at radius 2 is 2.29 bits per heavy atom. The van der Waals surface area contributed by atoms with Gasteiger partial charge in [0, 0.05) is 17.3 Å². The molecule has 0 unspecified atom stereocenters. The van der Waals surface area contributed by atoms with Crippen LogP contribution < -0.4 is 15.0 Å². The van der Waals surface area contributed by atoms with Gasteiger partial charge in [0.1, 0.15) is 18.2 Å². The van der Waals surface area contributed by atoms with Gasteiger partial charge in [0.05, 0.1) is 18.7 Å². The maximum Gasteiger partial charge on any atom is 0.300 e. The van der Waals surface area contributed by atoms with Crippen LogP contribution in [0.25, 0.3) is 5.65 Å². The topological polar surface area (TPSA) is 97.1 Å². The van der Waals surface area contributed by atoms with Crippen LogP contribution in [0.3, 0.4) is 0 Å². The molecule has 7 nitrogen and oxygen atoms in total. The molecule has 0 atom stereocenters. The van der Waals surface area contributed by atoms with Crippen LogP contribution in [0.4, 0.5) is 5.82 Å². The van der Waals surface area contributed by atoms with E-state index in [0.29, 0.717) is 10.7 Å². The fraction of sp³-hybridized carbons (Fsp3) is 0.125. The van der Waals surface area contributed by atoms with E-state index in [1.54, 1.807) is 30.5 Å². The maximum atomic E-state index is 12.6. The average Bonchev–Trinajstić information content (AvgIpc) is 2.84. The molecule has 0 radical (unpaired) electrons. The smallest absolute Gasteiger partial charge is 0.300 e. The summed E-state index contributed by atoms with van der Waals surface area (Å²) in [5, 5.41) is 24.4. The number of imidazole rings is 1. The third-order valence-corrected chi connectivity index (χ3v) is 3.66. The maximum absolute atomic E-state index is 12.6. The van der Waals surface area contributed by atoms with Gasteiger partial charge < -0.3 is 10.4 Å². The predicted molar refractivity (Wildman–Crippen MR) is 84.5 cm³/mol. The standard InChI is InChI=1S/C16H12ClN5O2/c17-11-5-7-19-12(10-11)20-15(23)14-16(24)22(9-3-6-18)13-4-1-2-8-21(13)14/h1-2,4-5,7-8,10H,3,9H2,(H-,19,20,23,24). The number of nitrogens with one attached hydrogen (secondary N) is 1. The molecule has 0 aliphatic carbocycles. The fourth-order valence-corrected chi connectivity index (χ4v) is 2.57. The third-order valence-electron chi connectivity index (χ3n) is 3.43. The van der Waals surface area contributed by atoms with E-state index in [1.165, 1.54) is 21.2 Å². The van der Waals surface area contributed by atoms with Crippen LogP contribution in [0.2, 0.25) is 5.02 Å². The summed E-state index contributed by atoms with van der Waals surface area (Å²) < 4.78 is 2.91. The van der Waals surface area contributed by atoms with Gasteiger partial charge in [-0.3, -0.25) is 4.79 Å². The Balaban J connectivity index is 2.04. The van der Waals surface area contributed by atoms with Crippen molar-refractivity contribution in [2.45, 2.75) is 13.0 Å². The summed E-state index contributed by atoms with van der Waals surface area (Å²) in [5.74, 6) is -0.802. The molecule has 0 saturated carbocycles. The summed E-state index contributed by atoms with van der Waals surface area (Å²) >= 11 is 5.87. The monoisotopic (exact) mass is 341 g/mol. The van der Waals surface area contributed by atoms with Crippen molar-refractivity contribution in [1.29, 1.82) is 5.26 Å². The minimum absolute atomic E-state index is 0.0506. The lowest BCUT2D eigenvalue weighted by Crippen LogP contribution is -2.36. The Labute approximate surface area is 142 Å². The molecule has 3 aromatic rings. The molecular weight excluding hydrogens is 330 g/mol. The van der Waals surface area contributed by atoms with Crippen molar-refractivity contribution in [3.05, 3.63) is 53.4 Å². The number of rotatable bonds is 4. The van der Waals surface area contributed by atoms with E-state index < -0.39 is 11.8 Å². The largest absolute Gasteiger partial charge is 0.839 e. The van der Waals surface area contributed by atoms with E-state index in [1.807, 2.05) is 6.07 Å². The molecule has 0 aliphatic rings. The van der Waals surface area contributed by atoms with Crippen molar-refractivity contribution in [3.63, 3.8) is 0 Å². The van der Waals surface area contributed by atoms with E-state index >= 15 is 0 Å². The molecule has 1 N–H and O–H groups in total. The molecule has 3 aromatic heterocycles. The highest BCUT2D eigenvalue weighted by Gasteiger charge is 2.25. The van der Waals surface area contributed by atoms with Crippen LogP contribution in [-0.4, -0.2) is 15.3 Å². The highest BCUT2D eigenvalue weighted by Crippen LogP contribution is 2.17. The van der Waals surface area contributed by atoms with Gasteiger partial charge >= 0.3 is 0 Å². The summed E-state index contributed by atoms with van der Waals surface area (Å²) in [5.41, 5.74) is 0.493. The number of aromatic nitrogens is 3. The number of nitriles is 1. The molecule has 0 aromatic carbocycles. The molecule has 8 heteroatoms. The van der Waals surface area contributed by atoms with Gasteiger partial charge in [-0.2, -0.15) is 9.66 Å². The van der Waals surface area contributed by atoms with Crippen molar-refractivity contribution >= 4 is 29.0 Å². The van der Waals surface area contributed by atoms with Crippen LogP contribution >= 0.6 is 11.6 Å². The van der Waals surface area contributed by atoms with E-state index in [0.717, 1.165) is 0 Å². The minimum Gasteiger partial charge on any atom is -0.839 e. The highest BCUT2D eigenvalue weighted by atomic mass is 35.5. The fourth-order valence-electron chi connectivity index (χ4n) is 2.41. The van der Waals surface area contributed by atoms with Crippen molar-refractivity contribution in [2.24, 2.45) is 0 Å². The van der Waals surface area contributed by atoms with Crippen molar-refractivity contribution in [2.75, 3.05) is 5.32 Å². The van der Waals surface area contributed by atoms with E-state index in [4.69, 9.17) is 16.9 Å². The summed E-state index contributed by atoms with van der Waals surface area (Å²) in [6.45, 7) is 0.214. The Morgan fingerprint density at radius 1 is 1.46 bits per heavy atom. The second kappa shape index (κ2) is 6.56. The van der Waals surface area contributed by atoms with Crippen LogP contribution in [0.15, 0.2) is 42.7 Å². The van der Waals surface area contributed by atoms with Gasteiger partial charge in [0.15, 0.2) is 0 Å². The lowest BCUT2D eigenvalue weighted by molar-refractivity contribution is -0.711. The molecule has 0 aliphatic heterocycles. The highest BCUT2D eigenvalue weighted by molar-refractivity contribution is 6.30. The Morgan fingerprint density at radius 3 is 3.04 bits per heavy atom. The number of aryl methyl sites for hydroxylation is 1. The van der Waals surface area contributed by atoms with Gasteiger partial charge in [-0.1, -0.05) is 17.7 Å². The SMILES string of the molecule is N#CCC[n+]1c([O-])c(C(=O)Nc2cc(Cl)ccn2)n2ccccc21. The van der Waals surface area contributed by atoms with Gasteiger partial charge in [0.25, 0.3) is 11.6 Å². The third kappa shape index (κ3) is 2.87. The average molecular weight is 342 g/mol. The number of carbonyl (C=O) groups excluding carboxylic acids is 1. The number of amides is 1. The van der Waals surface area contributed by atoms with Gasteiger partial charge in [-0.05, 0) is 18.2 Å². The summed E-state index contributed by atoms with van der Waals surface area (Å²) in [6, 6.07) is 10.3. The first-order valence-corrected chi connectivity index (χ1v) is 7.49. The number of nitrogens with zero attached hydrogens (tertiary/aromatic N) is 4. The zero-order valence-corrected chi connectivity index (χ0v) is 13.2. The van der Waals surface area contributed by atoms with Crippen molar-refractivity contribution < 1.29 is 14.5 Å².